The minimum absolute atomic E-state index is 0.252. The van der Waals surface area contributed by atoms with E-state index in [0.717, 1.165) is 37.8 Å². The van der Waals surface area contributed by atoms with Crippen LogP contribution in [0.1, 0.15) is 77.9 Å². The van der Waals surface area contributed by atoms with Gasteiger partial charge in [0.25, 0.3) is 5.91 Å². The van der Waals surface area contributed by atoms with Gasteiger partial charge in [-0.2, -0.15) is 0 Å². The van der Waals surface area contributed by atoms with Gasteiger partial charge in [0, 0.05) is 23.2 Å². The van der Waals surface area contributed by atoms with Crippen LogP contribution in [0.5, 0.6) is 0 Å². The number of likely N-dealkylation sites (tertiary alicyclic amines) is 1. The quantitative estimate of drug-likeness (QED) is 0.816. The lowest BCUT2D eigenvalue weighted by molar-refractivity contribution is -0.918. The van der Waals surface area contributed by atoms with Crippen molar-refractivity contribution in [2.75, 3.05) is 13.1 Å². The van der Waals surface area contributed by atoms with Crippen LogP contribution in [0.15, 0.2) is 48.5 Å². The molecule has 3 saturated heterocycles. The highest BCUT2D eigenvalue weighted by molar-refractivity contribution is 5.95. The predicted molar refractivity (Wildman–Crippen MR) is 121 cm³/mol. The van der Waals surface area contributed by atoms with Gasteiger partial charge in [0.2, 0.25) is 0 Å². The van der Waals surface area contributed by atoms with Gasteiger partial charge in [0.1, 0.15) is 6.54 Å². The maximum Gasteiger partial charge on any atom is 0.254 e. The summed E-state index contributed by atoms with van der Waals surface area (Å²) in [6.07, 6.45) is 8.65. The molecule has 1 N–H and O–H groups in total. The van der Waals surface area contributed by atoms with Crippen molar-refractivity contribution in [3.05, 3.63) is 70.8 Å². The highest BCUT2D eigenvalue weighted by Gasteiger charge is 2.43. The molecule has 0 aromatic heterocycles. The van der Waals surface area contributed by atoms with E-state index < -0.39 is 0 Å². The number of fused-ring (bicyclic) bond motifs is 2. The third-order valence-corrected chi connectivity index (χ3v) is 7.73. The Labute approximate surface area is 181 Å². The molecule has 3 nitrogen and oxygen atoms in total. The molecule has 2 aromatic rings. The molecule has 0 aliphatic carbocycles. The number of piperidine rings is 2. The molecule has 5 rings (SSSR count). The first-order chi connectivity index (χ1) is 14.7. The Hall–Kier alpha value is -2.13. The molecule has 3 aliphatic heterocycles. The van der Waals surface area contributed by atoms with E-state index in [9.17, 15) is 4.79 Å². The van der Waals surface area contributed by atoms with Gasteiger partial charge in [0.05, 0.1) is 13.1 Å². The van der Waals surface area contributed by atoms with Crippen LogP contribution in [0.25, 0.3) is 0 Å². The van der Waals surface area contributed by atoms with Crippen LogP contribution in [-0.2, 0) is 6.54 Å². The number of hydrogen-bond acceptors (Lipinski definition) is 1. The minimum atomic E-state index is 0.252. The summed E-state index contributed by atoms with van der Waals surface area (Å²) < 4.78 is 0. The van der Waals surface area contributed by atoms with Crippen molar-refractivity contribution in [1.82, 2.24) is 4.90 Å². The number of hydrogen-bond donors (Lipinski definition) is 1. The molecule has 0 radical (unpaired) electrons. The molecule has 1 amide bonds. The zero-order chi connectivity index (χ0) is 20.5. The maximum absolute atomic E-state index is 13.4. The largest absolute Gasteiger partial charge is 0.333 e. The van der Waals surface area contributed by atoms with Crippen LogP contribution >= 0.6 is 0 Å². The Bertz CT molecular complexity index is 853. The highest BCUT2D eigenvalue weighted by atomic mass is 16.2. The molecule has 3 heterocycles. The van der Waals surface area contributed by atoms with Crippen LogP contribution in [-0.4, -0.2) is 36.0 Å². The number of aryl methyl sites for hydroxylation is 1. The average molecular weight is 404 g/mol. The highest BCUT2D eigenvalue weighted by Crippen LogP contribution is 2.43. The first kappa shape index (κ1) is 19.8. The van der Waals surface area contributed by atoms with Gasteiger partial charge in [-0.1, -0.05) is 42.0 Å². The molecule has 3 heteroatoms. The van der Waals surface area contributed by atoms with Crippen LogP contribution in [0.2, 0.25) is 0 Å². The second-order valence-electron chi connectivity index (χ2n) is 9.86. The molecular formula is C27H35N2O+. The van der Waals surface area contributed by atoms with E-state index in [0.29, 0.717) is 18.0 Å². The number of quaternary nitrogens is 1. The number of carbonyl (C=O) groups is 1. The van der Waals surface area contributed by atoms with Crippen molar-refractivity contribution in [3.63, 3.8) is 0 Å². The number of amides is 1. The van der Waals surface area contributed by atoms with Gasteiger partial charge >= 0.3 is 0 Å². The Morgan fingerprint density at radius 2 is 1.53 bits per heavy atom. The van der Waals surface area contributed by atoms with E-state index in [4.69, 9.17) is 0 Å². The number of rotatable bonds is 4. The van der Waals surface area contributed by atoms with Gasteiger partial charge in [0.15, 0.2) is 0 Å². The van der Waals surface area contributed by atoms with Gasteiger partial charge in [-0.15, -0.1) is 0 Å². The standard InChI is InChI=1S/C27H34N2O/c1-20-5-9-22(10-6-20)24-17-25-13-14-26(18-24)29(25)27(30)23-11-7-21(8-12-23)19-28-15-3-2-4-16-28/h5-12,24-26H,2-4,13-19H2,1H3/p+1/t24?,25-,26+. The van der Waals surface area contributed by atoms with Crippen molar-refractivity contribution in [3.8, 4) is 0 Å². The fraction of sp³-hybridized carbons (Fsp3) is 0.519. The summed E-state index contributed by atoms with van der Waals surface area (Å²) in [6.45, 7) is 5.83. The van der Waals surface area contributed by atoms with Crippen LogP contribution in [0.4, 0.5) is 0 Å². The first-order valence-corrected chi connectivity index (χ1v) is 12.0. The molecule has 158 valence electrons. The van der Waals surface area contributed by atoms with Gasteiger partial charge in [-0.05, 0) is 75.5 Å². The van der Waals surface area contributed by atoms with E-state index >= 15 is 0 Å². The smallest absolute Gasteiger partial charge is 0.254 e. The summed E-state index contributed by atoms with van der Waals surface area (Å²) in [7, 11) is 0. The summed E-state index contributed by atoms with van der Waals surface area (Å²) in [4.78, 5) is 17.3. The SMILES string of the molecule is Cc1ccc(C2C[C@H]3CC[C@@H](C2)N3C(=O)c2ccc(C[NH+]3CCCCC3)cc2)cc1. The molecule has 3 aliphatic rings. The van der Waals surface area contributed by atoms with Crippen molar-refractivity contribution >= 4 is 5.91 Å². The minimum Gasteiger partial charge on any atom is -0.333 e. The van der Waals surface area contributed by atoms with Crippen LogP contribution in [0, 0.1) is 6.92 Å². The zero-order valence-electron chi connectivity index (χ0n) is 18.3. The number of benzene rings is 2. The Morgan fingerprint density at radius 3 is 2.17 bits per heavy atom. The van der Waals surface area contributed by atoms with Crippen LogP contribution < -0.4 is 4.90 Å². The number of nitrogens with zero attached hydrogens (tertiary/aromatic N) is 1. The summed E-state index contributed by atoms with van der Waals surface area (Å²) in [5, 5.41) is 0. The van der Waals surface area contributed by atoms with Gasteiger partial charge in [-0.25, -0.2) is 0 Å². The Morgan fingerprint density at radius 1 is 0.900 bits per heavy atom. The lowest BCUT2D eigenvalue weighted by Crippen LogP contribution is -3.11. The Balaban J connectivity index is 1.25. The molecular weight excluding hydrogens is 368 g/mol. The Kier molecular flexibility index (Phi) is 5.64. The number of nitrogens with one attached hydrogen (secondary N) is 1. The predicted octanol–water partition coefficient (Wildman–Crippen LogP) is 4.11. The van der Waals surface area contributed by atoms with Crippen molar-refractivity contribution < 1.29 is 9.69 Å². The summed E-state index contributed by atoms with van der Waals surface area (Å²) in [6, 6.07) is 18.4. The molecule has 1 unspecified atom stereocenters. The molecule has 0 spiro atoms. The topological polar surface area (TPSA) is 24.8 Å². The van der Waals surface area contributed by atoms with E-state index in [1.54, 1.807) is 4.90 Å². The van der Waals surface area contributed by atoms with Gasteiger partial charge in [-0.3, -0.25) is 4.79 Å². The molecule has 2 aromatic carbocycles. The normalized spacial score (nSPS) is 26.7. The van der Waals surface area contributed by atoms with E-state index in [2.05, 4.69) is 60.4 Å². The molecule has 2 bridgehead atoms. The number of carbonyl (C=O) groups excluding carboxylic acids is 1. The molecule has 30 heavy (non-hydrogen) atoms. The first-order valence-electron chi connectivity index (χ1n) is 12.0. The lowest BCUT2D eigenvalue weighted by atomic mass is 9.84. The summed E-state index contributed by atoms with van der Waals surface area (Å²) in [5.74, 6) is 0.851. The second-order valence-corrected chi connectivity index (χ2v) is 9.86. The van der Waals surface area contributed by atoms with E-state index in [1.807, 2.05) is 0 Å². The summed E-state index contributed by atoms with van der Waals surface area (Å²) >= 11 is 0. The fourth-order valence-electron chi connectivity index (χ4n) is 6.05. The third kappa shape index (κ3) is 4.05. The van der Waals surface area contributed by atoms with Crippen molar-refractivity contribution in [2.24, 2.45) is 0 Å². The molecule has 3 fully saturated rings. The molecule has 0 saturated carbocycles. The van der Waals surface area contributed by atoms with Crippen LogP contribution in [0.3, 0.4) is 0 Å². The molecule has 3 atom stereocenters. The zero-order valence-corrected chi connectivity index (χ0v) is 18.3. The third-order valence-electron chi connectivity index (χ3n) is 7.73. The van der Waals surface area contributed by atoms with E-state index in [-0.39, 0.29) is 5.91 Å². The monoisotopic (exact) mass is 403 g/mol. The van der Waals surface area contributed by atoms with Crippen molar-refractivity contribution in [2.45, 2.75) is 76.4 Å². The van der Waals surface area contributed by atoms with Gasteiger partial charge < -0.3 is 9.80 Å². The second kappa shape index (κ2) is 8.55. The lowest BCUT2D eigenvalue weighted by Gasteiger charge is -2.39. The van der Waals surface area contributed by atoms with E-state index in [1.165, 1.54) is 49.0 Å². The average Bonchev–Trinajstić information content (AvgIpc) is 3.04. The van der Waals surface area contributed by atoms with Crippen molar-refractivity contribution in [1.29, 1.82) is 0 Å². The maximum atomic E-state index is 13.4. The summed E-state index contributed by atoms with van der Waals surface area (Å²) in [5.41, 5.74) is 5.01. The fourth-order valence-corrected chi connectivity index (χ4v) is 6.05.